The first-order chi connectivity index (χ1) is 7.70. The van der Waals surface area contributed by atoms with Gasteiger partial charge < -0.3 is 4.74 Å². The Morgan fingerprint density at radius 2 is 2.06 bits per heavy atom. The highest BCUT2D eigenvalue weighted by Gasteiger charge is 2.11. The molecule has 0 radical (unpaired) electrons. The first-order valence-electron chi connectivity index (χ1n) is 5.18. The average molecular weight is 215 g/mol. The molecular weight excluding hydrogens is 200 g/mol. The third kappa shape index (κ3) is 2.03. The second kappa shape index (κ2) is 4.31. The summed E-state index contributed by atoms with van der Waals surface area (Å²) in [6.45, 7) is 4.10. The lowest BCUT2D eigenvalue weighted by molar-refractivity contribution is -0.597. The molecule has 0 saturated heterocycles. The average Bonchev–Trinajstić information content (AvgIpc) is 2.28. The van der Waals surface area contributed by atoms with E-state index in [0.717, 1.165) is 22.6 Å². The first kappa shape index (κ1) is 10.6. The second-order valence-electron chi connectivity index (χ2n) is 3.82. The molecule has 2 rings (SSSR count). The monoisotopic (exact) mass is 215 g/mol. The Hall–Kier alpha value is -1.90. The van der Waals surface area contributed by atoms with Gasteiger partial charge in [-0.15, -0.1) is 0 Å². The summed E-state index contributed by atoms with van der Waals surface area (Å²) in [6, 6.07) is 4.00. The SMILES string of the molecule is COc1cc(C)c[n+](-c2ccncc2C)c1. The molecule has 2 aromatic heterocycles. The molecule has 0 N–H and O–H groups in total. The number of rotatable bonds is 2. The molecule has 3 nitrogen and oxygen atoms in total. The van der Waals surface area contributed by atoms with Crippen LogP contribution in [0.5, 0.6) is 5.75 Å². The highest BCUT2D eigenvalue weighted by molar-refractivity contribution is 5.30. The molecule has 3 heteroatoms. The normalized spacial score (nSPS) is 10.2. The van der Waals surface area contributed by atoms with Crippen molar-refractivity contribution in [3.63, 3.8) is 0 Å². The molecule has 0 aliphatic carbocycles. The number of ether oxygens (including phenoxy) is 1. The maximum atomic E-state index is 5.26. The van der Waals surface area contributed by atoms with Crippen molar-refractivity contribution < 1.29 is 9.30 Å². The Morgan fingerprint density at radius 1 is 1.25 bits per heavy atom. The zero-order valence-corrected chi connectivity index (χ0v) is 9.77. The molecule has 16 heavy (non-hydrogen) atoms. The van der Waals surface area contributed by atoms with E-state index in [1.807, 2.05) is 31.5 Å². The van der Waals surface area contributed by atoms with Gasteiger partial charge in [0.15, 0.2) is 11.9 Å². The van der Waals surface area contributed by atoms with Crippen LogP contribution in [0.15, 0.2) is 36.9 Å². The number of nitrogens with zero attached hydrogens (tertiary/aromatic N) is 2. The van der Waals surface area contributed by atoms with Crippen LogP contribution in [0.3, 0.4) is 0 Å². The number of aromatic nitrogens is 2. The van der Waals surface area contributed by atoms with Crippen LogP contribution in [0.4, 0.5) is 0 Å². The van der Waals surface area contributed by atoms with Crippen LogP contribution in [0.1, 0.15) is 11.1 Å². The van der Waals surface area contributed by atoms with Gasteiger partial charge in [0.1, 0.15) is 0 Å². The van der Waals surface area contributed by atoms with Crippen molar-refractivity contribution in [1.82, 2.24) is 4.98 Å². The summed E-state index contributed by atoms with van der Waals surface area (Å²) >= 11 is 0. The lowest BCUT2D eigenvalue weighted by Gasteiger charge is -2.03. The highest BCUT2D eigenvalue weighted by atomic mass is 16.5. The zero-order chi connectivity index (χ0) is 11.5. The lowest BCUT2D eigenvalue weighted by atomic mass is 10.2. The van der Waals surface area contributed by atoms with Crippen molar-refractivity contribution in [3.05, 3.63) is 48.0 Å². The van der Waals surface area contributed by atoms with E-state index < -0.39 is 0 Å². The fourth-order valence-corrected chi connectivity index (χ4v) is 1.70. The fourth-order valence-electron chi connectivity index (χ4n) is 1.70. The van der Waals surface area contributed by atoms with E-state index in [1.54, 1.807) is 13.3 Å². The predicted octanol–water partition coefficient (Wildman–Crippen LogP) is 1.98. The maximum absolute atomic E-state index is 5.26. The molecule has 0 aliphatic rings. The highest BCUT2D eigenvalue weighted by Crippen LogP contribution is 2.11. The van der Waals surface area contributed by atoms with Crippen molar-refractivity contribution in [1.29, 1.82) is 0 Å². The van der Waals surface area contributed by atoms with Gasteiger partial charge in [-0.3, -0.25) is 4.98 Å². The Morgan fingerprint density at radius 3 is 2.75 bits per heavy atom. The second-order valence-corrected chi connectivity index (χ2v) is 3.82. The van der Waals surface area contributed by atoms with Crippen LogP contribution in [0.2, 0.25) is 0 Å². The van der Waals surface area contributed by atoms with Crippen molar-refractivity contribution >= 4 is 0 Å². The largest absolute Gasteiger partial charge is 0.491 e. The lowest BCUT2D eigenvalue weighted by Crippen LogP contribution is -2.31. The Labute approximate surface area is 95.3 Å². The standard InChI is InChI=1S/C13H15N2O/c1-10-6-12(16-3)9-15(8-10)13-4-5-14-7-11(13)2/h4-9H,1-3H3/q+1. The fraction of sp³-hybridized carbons (Fsp3) is 0.231. The zero-order valence-electron chi connectivity index (χ0n) is 9.77. The molecule has 0 aromatic carbocycles. The van der Waals surface area contributed by atoms with Gasteiger partial charge in [0.2, 0.25) is 11.9 Å². The summed E-state index contributed by atoms with van der Waals surface area (Å²) in [5, 5.41) is 0. The predicted molar refractivity (Wildman–Crippen MR) is 61.8 cm³/mol. The number of pyridine rings is 2. The first-order valence-corrected chi connectivity index (χ1v) is 5.18. The number of hydrogen-bond acceptors (Lipinski definition) is 2. The Bertz CT molecular complexity index is 509. The number of hydrogen-bond donors (Lipinski definition) is 0. The summed E-state index contributed by atoms with van der Waals surface area (Å²) in [7, 11) is 1.68. The van der Waals surface area contributed by atoms with Crippen molar-refractivity contribution in [2.24, 2.45) is 0 Å². The summed E-state index contributed by atoms with van der Waals surface area (Å²) in [4.78, 5) is 4.09. The summed E-state index contributed by atoms with van der Waals surface area (Å²) in [5.41, 5.74) is 3.42. The van der Waals surface area contributed by atoms with Crippen LogP contribution >= 0.6 is 0 Å². The van der Waals surface area contributed by atoms with E-state index in [-0.39, 0.29) is 0 Å². The van der Waals surface area contributed by atoms with Crippen molar-refractivity contribution in [3.8, 4) is 11.4 Å². The topological polar surface area (TPSA) is 26.0 Å². The van der Waals surface area contributed by atoms with Crippen molar-refractivity contribution in [2.75, 3.05) is 7.11 Å². The number of aryl methyl sites for hydroxylation is 2. The van der Waals surface area contributed by atoms with E-state index in [2.05, 4.69) is 22.7 Å². The van der Waals surface area contributed by atoms with E-state index in [0.29, 0.717) is 0 Å². The van der Waals surface area contributed by atoms with E-state index in [4.69, 9.17) is 4.74 Å². The third-order valence-corrected chi connectivity index (χ3v) is 2.48. The van der Waals surface area contributed by atoms with Crippen LogP contribution in [0.25, 0.3) is 5.69 Å². The molecule has 0 spiro atoms. The van der Waals surface area contributed by atoms with E-state index >= 15 is 0 Å². The minimum atomic E-state index is 0.858. The molecule has 0 bridgehead atoms. The smallest absolute Gasteiger partial charge is 0.217 e. The van der Waals surface area contributed by atoms with Gasteiger partial charge >= 0.3 is 0 Å². The Balaban J connectivity index is 2.56. The van der Waals surface area contributed by atoms with Crippen LogP contribution in [-0.2, 0) is 0 Å². The molecule has 82 valence electrons. The summed E-state index contributed by atoms with van der Waals surface area (Å²) in [5.74, 6) is 0.858. The van der Waals surface area contributed by atoms with Gasteiger partial charge in [-0.2, -0.15) is 4.57 Å². The van der Waals surface area contributed by atoms with Gasteiger partial charge in [0, 0.05) is 29.6 Å². The van der Waals surface area contributed by atoms with Gasteiger partial charge in [0.05, 0.1) is 7.11 Å². The molecule has 2 aromatic rings. The maximum Gasteiger partial charge on any atom is 0.217 e. The van der Waals surface area contributed by atoms with Crippen molar-refractivity contribution in [2.45, 2.75) is 13.8 Å². The summed E-state index contributed by atoms with van der Waals surface area (Å²) in [6.07, 6.45) is 7.70. The van der Waals surface area contributed by atoms with Gasteiger partial charge in [0.25, 0.3) is 0 Å². The van der Waals surface area contributed by atoms with Gasteiger partial charge in [-0.1, -0.05) is 0 Å². The molecular formula is C13H15N2O+. The Kier molecular flexibility index (Phi) is 2.86. The molecule has 0 fully saturated rings. The molecule has 2 heterocycles. The quantitative estimate of drug-likeness (QED) is 0.716. The van der Waals surface area contributed by atoms with Gasteiger partial charge in [-0.25, -0.2) is 0 Å². The molecule has 0 unspecified atom stereocenters. The van der Waals surface area contributed by atoms with E-state index in [1.165, 1.54) is 0 Å². The van der Waals surface area contributed by atoms with Gasteiger partial charge in [-0.05, 0) is 19.9 Å². The summed E-state index contributed by atoms with van der Waals surface area (Å²) < 4.78 is 7.32. The molecule has 0 saturated carbocycles. The minimum Gasteiger partial charge on any atom is -0.491 e. The minimum absolute atomic E-state index is 0.858. The molecule has 0 atom stereocenters. The third-order valence-electron chi connectivity index (χ3n) is 2.48. The molecule has 0 aliphatic heterocycles. The van der Waals surface area contributed by atoms with Crippen LogP contribution in [-0.4, -0.2) is 12.1 Å². The number of methoxy groups -OCH3 is 1. The molecule has 0 amide bonds. The van der Waals surface area contributed by atoms with Crippen LogP contribution in [0, 0.1) is 13.8 Å². The van der Waals surface area contributed by atoms with E-state index in [9.17, 15) is 0 Å². The van der Waals surface area contributed by atoms with Crippen LogP contribution < -0.4 is 9.30 Å².